The van der Waals surface area contributed by atoms with Crippen LogP contribution in [-0.2, 0) is 23.0 Å². The zero-order chi connectivity index (χ0) is 22.0. The maximum absolute atomic E-state index is 13.5. The molecule has 2 heterocycles. The molecule has 0 spiro atoms. The Morgan fingerprint density at radius 2 is 2.00 bits per heavy atom. The van der Waals surface area contributed by atoms with Gasteiger partial charge in [0.1, 0.15) is 0 Å². The first-order valence-corrected chi connectivity index (χ1v) is 12.4. The van der Waals surface area contributed by atoms with Crippen molar-refractivity contribution in [3.63, 3.8) is 0 Å². The van der Waals surface area contributed by atoms with Crippen LogP contribution < -0.4 is 4.31 Å². The highest BCUT2D eigenvalue weighted by atomic mass is 35.5. The van der Waals surface area contributed by atoms with Crippen LogP contribution in [0.3, 0.4) is 0 Å². The van der Waals surface area contributed by atoms with Gasteiger partial charge >= 0.3 is 0 Å². The molecule has 31 heavy (non-hydrogen) atoms. The smallest absolute Gasteiger partial charge is 0.264 e. The van der Waals surface area contributed by atoms with Gasteiger partial charge in [-0.1, -0.05) is 35.9 Å². The van der Waals surface area contributed by atoms with E-state index in [0.29, 0.717) is 29.4 Å². The molecule has 0 atom stereocenters. The average Bonchev–Trinajstić information content (AvgIpc) is 3.25. The molecule has 0 saturated heterocycles. The molecule has 5 nitrogen and oxygen atoms in total. The number of halogens is 1. The largest absolute Gasteiger partial charge is 0.334 e. The van der Waals surface area contributed by atoms with Crippen molar-refractivity contribution in [2.75, 3.05) is 17.4 Å². The number of thiophene rings is 1. The highest BCUT2D eigenvalue weighted by Crippen LogP contribution is 2.31. The van der Waals surface area contributed by atoms with E-state index in [1.807, 2.05) is 11.4 Å². The summed E-state index contributed by atoms with van der Waals surface area (Å²) in [7, 11) is -3.96. The highest BCUT2D eigenvalue weighted by Gasteiger charge is 2.28. The standard InChI is InChI=1S/C23H21ClN2O3S2/c1-2-12-26(21-9-4-3-8-20(21)24)31(28,29)19-7-5-6-17(15-19)23(27)25-13-10-22-18(16-25)11-14-30-22/h2-9,11,14-15H,1,10,12-13,16H2. The summed E-state index contributed by atoms with van der Waals surface area (Å²) < 4.78 is 28.1. The molecule has 0 saturated carbocycles. The van der Waals surface area contributed by atoms with Crippen LogP contribution >= 0.6 is 22.9 Å². The summed E-state index contributed by atoms with van der Waals surface area (Å²) in [5.41, 5.74) is 1.86. The second-order valence-corrected chi connectivity index (χ2v) is 10.4. The van der Waals surface area contributed by atoms with Crippen molar-refractivity contribution in [1.82, 2.24) is 4.90 Å². The molecule has 0 bridgehead atoms. The quantitative estimate of drug-likeness (QED) is 0.475. The highest BCUT2D eigenvalue weighted by molar-refractivity contribution is 7.92. The molecule has 1 aromatic heterocycles. The number of nitrogens with zero attached hydrogens (tertiary/aromatic N) is 2. The number of carbonyl (C=O) groups is 1. The maximum atomic E-state index is 13.5. The third kappa shape index (κ3) is 4.26. The van der Waals surface area contributed by atoms with E-state index in [1.54, 1.807) is 52.6 Å². The van der Waals surface area contributed by atoms with Crippen LogP contribution in [0.2, 0.25) is 5.02 Å². The molecule has 160 valence electrons. The SMILES string of the molecule is C=CCN(c1ccccc1Cl)S(=O)(=O)c1cccc(C(=O)N2CCc3sccc3C2)c1. The van der Waals surface area contributed by atoms with Crippen molar-refractivity contribution in [2.24, 2.45) is 0 Å². The molecule has 2 aromatic carbocycles. The number of hydrogen-bond donors (Lipinski definition) is 0. The molecule has 0 aliphatic carbocycles. The molecule has 1 aliphatic rings. The molecule has 0 N–H and O–H groups in total. The van der Waals surface area contributed by atoms with E-state index >= 15 is 0 Å². The fourth-order valence-electron chi connectivity index (χ4n) is 3.62. The maximum Gasteiger partial charge on any atom is 0.264 e. The Morgan fingerprint density at radius 3 is 2.77 bits per heavy atom. The number of benzene rings is 2. The third-order valence-electron chi connectivity index (χ3n) is 5.18. The molecular weight excluding hydrogens is 452 g/mol. The Kier molecular flexibility index (Phi) is 6.18. The number of hydrogen-bond acceptors (Lipinski definition) is 4. The number of fused-ring (bicyclic) bond motifs is 1. The molecule has 0 unspecified atom stereocenters. The van der Waals surface area contributed by atoms with E-state index in [0.717, 1.165) is 12.0 Å². The van der Waals surface area contributed by atoms with E-state index in [4.69, 9.17) is 11.6 Å². The molecule has 3 aromatic rings. The van der Waals surface area contributed by atoms with Gasteiger partial charge in [0.15, 0.2) is 0 Å². The molecule has 4 rings (SSSR count). The molecule has 1 aliphatic heterocycles. The average molecular weight is 473 g/mol. The van der Waals surface area contributed by atoms with Gasteiger partial charge in [-0.3, -0.25) is 9.10 Å². The van der Waals surface area contributed by atoms with Gasteiger partial charge in [-0.2, -0.15) is 0 Å². The van der Waals surface area contributed by atoms with Gasteiger partial charge in [0.25, 0.3) is 15.9 Å². The van der Waals surface area contributed by atoms with Crippen molar-refractivity contribution in [3.05, 3.63) is 93.7 Å². The van der Waals surface area contributed by atoms with Crippen LogP contribution in [0.15, 0.2) is 77.5 Å². The lowest BCUT2D eigenvalue weighted by Gasteiger charge is -2.27. The Bertz CT molecular complexity index is 1240. The van der Waals surface area contributed by atoms with E-state index in [1.165, 1.54) is 27.4 Å². The summed E-state index contributed by atoms with van der Waals surface area (Å²) in [5.74, 6) is -0.179. The van der Waals surface area contributed by atoms with Crippen LogP contribution in [0.4, 0.5) is 5.69 Å². The van der Waals surface area contributed by atoms with Crippen molar-refractivity contribution in [3.8, 4) is 0 Å². The van der Waals surface area contributed by atoms with Crippen molar-refractivity contribution >= 4 is 44.6 Å². The first-order valence-electron chi connectivity index (χ1n) is 9.74. The first-order chi connectivity index (χ1) is 14.9. The lowest BCUT2D eigenvalue weighted by atomic mass is 10.1. The van der Waals surface area contributed by atoms with Gasteiger partial charge in [-0.05, 0) is 53.8 Å². The third-order valence-corrected chi connectivity index (χ3v) is 8.30. The first kappa shape index (κ1) is 21.6. The normalized spacial score (nSPS) is 13.5. The number of carbonyl (C=O) groups excluding carboxylic acids is 1. The summed E-state index contributed by atoms with van der Waals surface area (Å²) >= 11 is 7.97. The van der Waals surface area contributed by atoms with Gasteiger partial charge in [-0.25, -0.2) is 8.42 Å². The van der Waals surface area contributed by atoms with Crippen LogP contribution in [0, 0.1) is 0 Å². The second-order valence-electron chi connectivity index (χ2n) is 7.15. The van der Waals surface area contributed by atoms with E-state index in [2.05, 4.69) is 6.58 Å². The number of rotatable bonds is 6. The van der Waals surface area contributed by atoms with Gasteiger partial charge in [0, 0.05) is 23.5 Å². The second kappa shape index (κ2) is 8.86. The minimum absolute atomic E-state index is 0.0355. The summed E-state index contributed by atoms with van der Waals surface area (Å²) in [5, 5.41) is 2.36. The van der Waals surface area contributed by atoms with Crippen molar-refractivity contribution < 1.29 is 13.2 Å². The van der Waals surface area contributed by atoms with Crippen LogP contribution in [0.5, 0.6) is 0 Å². The van der Waals surface area contributed by atoms with Crippen molar-refractivity contribution in [2.45, 2.75) is 17.9 Å². The van der Waals surface area contributed by atoms with E-state index in [9.17, 15) is 13.2 Å². The summed E-state index contributed by atoms with van der Waals surface area (Å²) in [6.45, 7) is 4.88. The molecule has 0 radical (unpaired) electrons. The number of anilines is 1. The molecule has 1 amide bonds. The lowest BCUT2D eigenvalue weighted by Crippen LogP contribution is -2.35. The van der Waals surface area contributed by atoms with Gasteiger partial charge in [0.2, 0.25) is 0 Å². The fourth-order valence-corrected chi connectivity index (χ4v) is 6.30. The van der Waals surface area contributed by atoms with Crippen LogP contribution in [-0.4, -0.2) is 32.3 Å². The zero-order valence-electron chi connectivity index (χ0n) is 16.7. The van der Waals surface area contributed by atoms with Crippen molar-refractivity contribution in [1.29, 1.82) is 0 Å². The Labute approximate surface area is 191 Å². The molecule has 8 heteroatoms. The van der Waals surface area contributed by atoms with Crippen LogP contribution in [0.1, 0.15) is 20.8 Å². The Morgan fingerprint density at radius 1 is 1.19 bits per heavy atom. The van der Waals surface area contributed by atoms with Gasteiger partial charge in [-0.15, -0.1) is 17.9 Å². The lowest BCUT2D eigenvalue weighted by molar-refractivity contribution is 0.0735. The molecular formula is C23H21ClN2O3S2. The predicted molar refractivity (Wildman–Crippen MR) is 125 cm³/mol. The topological polar surface area (TPSA) is 57.7 Å². The van der Waals surface area contributed by atoms with Gasteiger partial charge in [0.05, 0.1) is 22.2 Å². The number of sulfonamides is 1. The summed E-state index contributed by atoms with van der Waals surface area (Å²) in [6.07, 6.45) is 2.32. The summed E-state index contributed by atoms with van der Waals surface area (Å²) in [4.78, 5) is 16.2. The Hall–Kier alpha value is -2.61. The van der Waals surface area contributed by atoms with E-state index < -0.39 is 10.0 Å². The minimum Gasteiger partial charge on any atom is -0.334 e. The predicted octanol–water partition coefficient (Wildman–Crippen LogP) is 4.98. The number of para-hydroxylation sites is 1. The van der Waals surface area contributed by atoms with E-state index in [-0.39, 0.29) is 17.3 Å². The van der Waals surface area contributed by atoms with Crippen LogP contribution in [0.25, 0.3) is 0 Å². The summed E-state index contributed by atoms with van der Waals surface area (Å²) in [6, 6.07) is 15.0. The van der Waals surface area contributed by atoms with Gasteiger partial charge < -0.3 is 4.90 Å². The monoisotopic (exact) mass is 472 g/mol. The zero-order valence-corrected chi connectivity index (χ0v) is 19.1. The minimum atomic E-state index is -3.96. The number of amides is 1. The molecule has 0 fully saturated rings. The fraction of sp³-hybridized carbons (Fsp3) is 0.174. The Balaban J connectivity index is 1.66.